The number of nitrogens with zero attached hydrogens (tertiary/aromatic N) is 4. The number of hydrogen-bond donors (Lipinski definition) is 1. The van der Waals surface area contributed by atoms with Crippen LogP contribution in [0.25, 0.3) is 11.4 Å². The summed E-state index contributed by atoms with van der Waals surface area (Å²) in [7, 11) is 0. The topological polar surface area (TPSA) is 77.0 Å². The molecule has 1 saturated carbocycles. The first-order valence-electron chi connectivity index (χ1n) is 9.15. The monoisotopic (exact) mass is 475 g/mol. The van der Waals surface area contributed by atoms with E-state index in [4.69, 9.17) is 5.84 Å². The second kappa shape index (κ2) is 8.54. The number of halogens is 2. The van der Waals surface area contributed by atoms with Crippen LogP contribution < -0.4 is 5.84 Å². The van der Waals surface area contributed by atoms with E-state index in [1.54, 1.807) is 23.1 Å². The predicted molar refractivity (Wildman–Crippen MR) is 114 cm³/mol. The molecule has 0 unspecified atom stereocenters. The molecule has 1 aliphatic rings. The van der Waals surface area contributed by atoms with Crippen molar-refractivity contribution in [3.8, 4) is 11.4 Å². The molecule has 0 bridgehead atoms. The molecule has 2 N–H and O–H groups in total. The molecule has 9 heteroatoms. The Morgan fingerprint density at radius 3 is 2.66 bits per heavy atom. The second-order valence-electron chi connectivity index (χ2n) is 6.79. The van der Waals surface area contributed by atoms with Crippen LogP contribution in [0.4, 0.5) is 4.39 Å². The lowest BCUT2D eigenvalue weighted by Crippen LogP contribution is -2.34. The van der Waals surface area contributed by atoms with Crippen molar-refractivity contribution in [3.05, 3.63) is 64.4 Å². The van der Waals surface area contributed by atoms with Crippen LogP contribution in [0.15, 0.2) is 58.2 Å². The molecule has 2 aromatic carbocycles. The van der Waals surface area contributed by atoms with Gasteiger partial charge in [0, 0.05) is 28.2 Å². The van der Waals surface area contributed by atoms with Gasteiger partial charge in [0.15, 0.2) is 5.82 Å². The number of thioether (sulfide) groups is 1. The highest BCUT2D eigenvalue weighted by atomic mass is 79.9. The summed E-state index contributed by atoms with van der Waals surface area (Å²) < 4.78 is 16.3. The maximum atomic E-state index is 14.0. The standard InChI is InChI=1S/C20H19BrFN5OS/c21-16-7-3-2-6-15(16)19-24-25-20(27(19)23)29-12-18(28)26(14-9-10-14)11-13-5-1-4-8-17(13)22/h1-8,14H,9-12,23H2. The van der Waals surface area contributed by atoms with E-state index in [1.165, 1.54) is 22.5 Å². The summed E-state index contributed by atoms with van der Waals surface area (Å²) in [5.41, 5.74) is 1.34. The summed E-state index contributed by atoms with van der Waals surface area (Å²) >= 11 is 4.71. The highest BCUT2D eigenvalue weighted by Gasteiger charge is 2.33. The molecule has 1 amide bonds. The third-order valence-electron chi connectivity index (χ3n) is 4.71. The van der Waals surface area contributed by atoms with Gasteiger partial charge in [-0.25, -0.2) is 9.07 Å². The molecule has 1 aliphatic carbocycles. The molecular weight excluding hydrogens is 457 g/mol. The Morgan fingerprint density at radius 1 is 1.21 bits per heavy atom. The lowest BCUT2D eigenvalue weighted by Gasteiger charge is -2.22. The second-order valence-corrected chi connectivity index (χ2v) is 8.59. The van der Waals surface area contributed by atoms with Crippen LogP contribution >= 0.6 is 27.7 Å². The van der Waals surface area contributed by atoms with Crippen molar-refractivity contribution in [3.63, 3.8) is 0 Å². The van der Waals surface area contributed by atoms with E-state index < -0.39 is 0 Å². The molecule has 0 radical (unpaired) electrons. The zero-order valence-electron chi connectivity index (χ0n) is 15.5. The van der Waals surface area contributed by atoms with Crippen molar-refractivity contribution in [2.24, 2.45) is 0 Å². The van der Waals surface area contributed by atoms with E-state index in [2.05, 4.69) is 26.1 Å². The van der Waals surface area contributed by atoms with Gasteiger partial charge in [-0.05, 0) is 31.0 Å². The lowest BCUT2D eigenvalue weighted by molar-refractivity contribution is -0.129. The summed E-state index contributed by atoms with van der Waals surface area (Å²) in [6.45, 7) is 0.272. The van der Waals surface area contributed by atoms with Gasteiger partial charge in [0.2, 0.25) is 11.1 Å². The van der Waals surface area contributed by atoms with Crippen LogP contribution in [0.2, 0.25) is 0 Å². The molecule has 1 heterocycles. The summed E-state index contributed by atoms with van der Waals surface area (Å²) in [5, 5.41) is 8.73. The highest BCUT2D eigenvalue weighted by Crippen LogP contribution is 2.31. The number of amides is 1. The fraction of sp³-hybridized carbons (Fsp3) is 0.250. The molecule has 1 fully saturated rings. The van der Waals surface area contributed by atoms with Gasteiger partial charge >= 0.3 is 0 Å². The Hall–Kier alpha value is -2.39. The number of carbonyl (C=O) groups is 1. The number of nitrogen functional groups attached to an aromatic ring is 1. The van der Waals surface area contributed by atoms with Crippen molar-refractivity contribution >= 4 is 33.6 Å². The molecule has 0 saturated heterocycles. The van der Waals surface area contributed by atoms with Gasteiger partial charge in [0.05, 0.1) is 5.75 Å². The minimum Gasteiger partial charge on any atom is -0.335 e. The van der Waals surface area contributed by atoms with Crippen LogP contribution in [-0.2, 0) is 11.3 Å². The number of benzene rings is 2. The summed E-state index contributed by atoms with van der Waals surface area (Å²) in [6.07, 6.45) is 1.90. The van der Waals surface area contributed by atoms with Gasteiger partial charge in [0.1, 0.15) is 5.82 Å². The van der Waals surface area contributed by atoms with E-state index >= 15 is 0 Å². The number of aromatic nitrogens is 3. The van der Waals surface area contributed by atoms with Crippen molar-refractivity contribution in [1.82, 2.24) is 19.8 Å². The predicted octanol–water partition coefficient (Wildman–Crippen LogP) is 3.84. The Morgan fingerprint density at radius 2 is 1.93 bits per heavy atom. The van der Waals surface area contributed by atoms with Crippen LogP contribution in [0.5, 0.6) is 0 Å². The molecule has 29 heavy (non-hydrogen) atoms. The van der Waals surface area contributed by atoms with Gasteiger partial charge in [-0.2, -0.15) is 0 Å². The average molecular weight is 476 g/mol. The summed E-state index contributed by atoms with van der Waals surface area (Å²) in [5.74, 6) is 6.48. The highest BCUT2D eigenvalue weighted by molar-refractivity contribution is 9.10. The quantitative estimate of drug-likeness (QED) is 0.414. The van der Waals surface area contributed by atoms with Crippen molar-refractivity contribution in [2.75, 3.05) is 11.6 Å². The molecular formula is C20H19BrFN5OS. The van der Waals surface area contributed by atoms with E-state index in [0.29, 0.717) is 16.5 Å². The first-order valence-corrected chi connectivity index (χ1v) is 10.9. The number of nitrogens with two attached hydrogens (primary N) is 1. The van der Waals surface area contributed by atoms with Crippen molar-refractivity contribution < 1.29 is 9.18 Å². The van der Waals surface area contributed by atoms with Crippen molar-refractivity contribution in [2.45, 2.75) is 30.6 Å². The Balaban J connectivity index is 1.45. The maximum absolute atomic E-state index is 14.0. The zero-order valence-corrected chi connectivity index (χ0v) is 17.9. The van der Waals surface area contributed by atoms with Gasteiger partial charge < -0.3 is 10.7 Å². The zero-order chi connectivity index (χ0) is 20.4. The van der Waals surface area contributed by atoms with E-state index in [9.17, 15) is 9.18 Å². The fourth-order valence-electron chi connectivity index (χ4n) is 3.03. The SMILES string of the molecule is Nn1c(SCC(=O)N(Cc2ccccc2F)C2CC2)nnc1-c1ccccc1Br. The summed E-state index contributed by atoms with van der Waals surface area (Å²) in [4.78, 5) is 14.6. The third-order valence-corrected chi connectivity index (χ3v) is 6.33. The number of carbonyl (C=O) groups excluding carboxylic acids is 1. The maximum Gasteiger partial charge on any atom is 0.233 e. The van der Waals surface area contributed by atoms with Crippen LogP contribution in [0.1, 0.15) is 18.4 Å². The lowest BCUT2D eigenvalue weighted by atomic mass is 10.2. The first kappa shape index (κ1) is 19.9. The van der Waals surface area contributed by atoms with Gasteiger partial charge in [-0.1, -0.05) is 58.0 Å². The van der Waals surface area contributed by atoms with Crippen LogP contribution in [0.3, 0.4) is 0 Å². The van der Waals surface area contributed by atoms with Crippen LogP contribution in [0, 0.1) is 5.82 Å². The molecule has 1 aromatic heterocycles. The van der Waals surface area contributed by atoms with Crippen LogP contribution in [-0.4, -0.2) is 37.5 Å². The molecule has 0 atom stereocenters. The number of hydrogen-bond acceptors (Lipinski definition) is 5. The summed E-state index contributed by atoms with van der Waals surface area (Å²) in [6, 6.07) is 14.3. The third kappa shape index (κ3) is 4.45. The van der Waals surface area contributed by atoms with E-state index in [0.717, 1.165) is 22.9 Å². The minimum atomic E-state index is -0.293. The van der Waals surface area contributed by atoms with E-state index in [-0.39, 0.29) is 30.1 Å². The normalized spacial score (nSPS) is 13.4. The molecule has 6 nitrogen and oxygen atoms in total. The van der Waals surface area contributed by atoms with Gasteiger partial charge in [-0.3, -0.25) is 4.79 Å². The van der Waals surface area contributed by atoms with Gasteiger partial charge in [-0.15, -0.1) is 10.2 Å². The molecule has 0 spiro atoms. The Kier molecular flexibility index (Phi) is 5.86. The van der Waals surface area contributed by atoms with Crippen molar-refractivity contribution in [1.29, 1.82) is 0 Å². The Bertz CT molecular complexity index is 1040. The smallest absolute Gasteiger partial charge is 0.233 e. The van der Waals surface area contributed by atoms with E-state index in [1.807, 2.05) is 24.3 Å². The first-order chi connectivity index (χ1) is 14.0. The molecule has 0 aliphatic heterocycles. The minimum absolute atomic E-state index is 0.0637. The number of rotatable bonds is 7. The fourth-order valence-corrected chi connectivity index (χ4v) is 4.23. The Labute approximate surface area is 180 Å². The van der Waals surface area contributed by atoms with Gasteiger partial charge in [0.25, 0.3) is 0 Å². The largest absolute Gasteiger partial charge is 0.335 e. The average Bonchev–Trinajstić information content (AvgIpc) is 3.49. The molecule has 150 valence electrons. The molecule has 4 rings (SSSR count). The molecule has 3 aromatic rings.